The third-order valence-electron chi connectivity index (χ3n) is 5.20. The number of anilines is 1. The maximum atomic E-state index is 13.2. The van der Waals surface area contributed by atoms with Crippen molar-refractivity contribution in [3.8, 4) is 5.75 Å². The predicted octanol–water partition coefficient (Wildman–Crippen LogP) is 5.03. The maximum absolute atomic E-state index is 13.2. The van der Waals surface area contributed by atoms with E-state index < -0.39 is 29.6 Å². The first-order valence-corrected chi connectivity index (χ1v) is 9.67. The Labute approximate surface area is 178 Å². The lowest BCUT2D eigenvalue weighted by Crippen LogP contribution is -2.44. The van der Waals surface area contributed by atoms with Gasteiger partial charge in [0.15, 0.2) is 0 Å². The molecule has 0 saturated carbocycles. The van der Waals surface area contributed by atoms with Crippen molar-refractivity contribution in [2.75, 3.05) is 4.90 Å². The van der Waals surface area contributed by atoms with Crippen LogP contribution in [0.1, 0.15) is 45.7 Å². The van der Waals surface area contributed by atoms with Crippen molar-refractivity contribution in [3.05, 3.63) is 53.9 Å². The van der Waals surface area contributed by atoms with Gasteiger partial charge in [-0.1, -0.05) is 20.8 Å². The summed E-state index contributed by atoms with van der Waals surface area (Å²) in [5.74, 6) is -0.897. The lowest BCUT2D eigenvalue weighted by Gasteiger charge is -2.30. The number of imide groups is 1. The number of ether oxygens (including phenoxy) is 1. The van der Waals surface area contributed by atoms with Gasteiger partial charge in [0.2, 0.25) is 0 Å². The van der Waals surface area contributed by atoms with Crippen molar-refractivity contribution in [2.45, 2.75) is 58.5 Å². The molecule has 2 heterocycles. The molecular formula is C22H24F3N3O3. The number of benzene rings is 1. The highest BCUT2D eigenvalue weighted by Gasteiger charge is 2.52. The fourth-order valence-corrected chi connectivity index (χ4v) is 3.53. The second kappa shape index (κ2) is 7.55. The number of urea groups is 1. The molecule has 0 unspecified atom stereocenters. The Hall–Kier alpha value is -3.10. The van der Waals surface area contributed by atoms with E-state index in [-0.39, 0.29) is 17.6 Å². The van der Waals surface area contributed by atoms with Gasteiger partial charge in [-0.25, -0.2) is 9.69 Å². The fourth-order valence-electron chi connectivity index (χ4n) is 3.53. The van der Waals surface area contributed by atoms with E-state index in [2.05, 4.69) is 9.72 Å². The highest BCUT2D eigenvalue weighted by Crippen LogP contribution is 2.36. The molecule has 3 rings (SSSR count). The van der Waals surface area contributed by atoms with E-state index >= 15 is 0 Å². The van der Waals surface area contributed by atoms with Crippen molar-refractivity contribution < 1.29 is 27.5 Å². The fraction of sp³-hybridized carbons (Fsp3) is 0.409. The molecule has 6 nitrogen and oxygen atoms in total. The van der Waals surface area contributed by atoms with Crippen molar-refractivity contribution in [1.29, 1.82) is 0 Å². The second-order valence-electron chi connectivity index (χ2n) is 8.89. The molecule has 0 atom stereocenters. The van der Waals surface area contributed by atoms with Crippen LogP contribution in [0.3, 0.4) is 0 Å². The molecule has 1 aromatic carbocycles. The number of alkyl halides is 3. The molecule has 9 heteroatoms. The van der Waals surface area contributed by atoms with Gasteiger partial charge in [0, 0.05) is 18.9 Å². The summed E-state index contributed by atoms with van der Waals surface area (Å²) in [5, 5.41) is 0. The molecule has 1 fully saturated rings. The highest BCUT2D eigenvalue weighted by molar-refractivity contribution is 6.22. The van der Waals surface area contributed by atoms with Crippen molar-refractivity contribution in [2.24, 2.45) is 0 Å². The zero-order valence-electron chi connectivity index (χ0n) is 17.9. The molecule has 0 spiro atoms. The Kier molecular flexibility index (Phi) is 5.50. The van der Waals surface area contributed by atoms with E-state index in [0.29, 0.717) is 0 Å². The van der Waals surface area contributed by atoms with Crippen LogP contribution < -0.4 is 9.64 Å². The Balaban J connectivity index is 1.91. The van der Waals surface area contributed by atoms with Crippen LogP contribution in [0.4, 0.5) is 23.7 Å². The molecule has 166 valence electrons. The maximum Gasteiger partial charge on any atom is 0.573 e. The summed E-state index contributed by atoms with van der Waals surface area (Å²) < 4.78 is 41.0. The average molecular weight is 435 g/mol. The minimum absolute atomic E-state index is 0.172. The number of hydrogen-bond acceptors (Lipinski definition) is 4. The van der Waals surface area contributed by atoms with Crippen LogP contribution in [0.5, 0.6) is 5.75 Å². The number of carbonyl (C=O) groups is 2. The first-order valence-electron chi connectivity index (χ1n) is 9.67. The Morgan fingerprint density at radius 2 is 1.65 bits per heavy atom. The predicted molar refractivity (Wildman–Crippen MR) is 109 cm³/mol. The first-order chi connectivity index (χ1) is 14.2. The van der Waals surface area contributed by atoms with Crippen LogP contribution >= 0.6 is 0 Å². The molecule has 2 aromatic rings. The van der Waals surface area contributed by atoms with Gasteiger partial charge in [-0.05, 0) is 60.7 Å². The summed E-state index contributed by atoms with van der Waals surface area (Å²) in [4.78, 5) is 32.9. The van der Waals surface area contributed by atoms with Crippen LogP contribution in [0, 0.1) is 0 Å². The molecule has 0 bridgehead atoms. The van der Waals surface area contributed by atoms with Crippen LogP contribution in [-0.2, 0) is 16.8 Å². The zero-order valence-corrected chi connectivity index (χ0v) is 17.9. The smallest absolute Gasteiger partial charge is 0.406 e. The van der Waals surface area contributed by atoms with Crippen molar-refractivity contribution >= 4 is 17.6 Å². The average Bonchev–Trinajstić information content (AvgIpc) is 2.81. The van der Waals surface area contributed by atoms with Gasteiger partial charge in [0.05, 0.1) is 5.69 Å². The van der Waals surface area contributed by atoms with E-state index in [0.717, 1.165) is 28.2 Å². The molecular weight excluding hydrogens is 411 g/mol. The molecule has 0 N–H and O–H groups in total. The van der Waals surface area contributed by atoms with E-state index in [1.54, 1.807) is 26.2 Å². The standard InChI is InChI=1S/C22H24F3N3O3/c1-20(2,3)17-12-26-11-10-14(17)13-27-19(30)28(18(29)21(27,4)5)15-6-8-16(9-7-15)31-22(23,24)25/h6-12H,13H2,1-5H3. The van der Waals surface area contributed by atoms with E-state index in [1.807, 2.05) is 26.8 Å². The lowest BCUT2D eigenvalue weighted by molar-refractivity contribution is -0.274. The second-order valence-corrected chi connectivity index (χ2v) is 8.89. The van der Waals surface area contributed by atoms with Gasteiger partial charge in [0.25, 0.3) is 5.91 Å². The van der Waals surface area contributed by atoms with Crippen LogP contribution in [0.15, 0.2) is 42.7 Å². The van der Waals surface area contributed by atoms with Gasteiger partial charge in [-0.3, -0.25) is 9.78 Å². The van der Waals surface area contributed by atoms with E-state index in [9.17, 15) is 22.8 Å². The summed E-state index contributed by atoms with van der Waals surface area (Å²) in [6, 6.07) is 5.92. The number of aromatic nitrogens is 1. The molecule has 0 radical (unpaired) electrons. The number of hydrogen-bond donors (Lipinski definition) is 0. The number of nitrogens with zero attached hydrogens (tertiary/aromatic N) is 3. The number of halogens is 3. The topological polar surface area (TPSA) is 62.7 Å². The molecule has 31 heavy (non-hydrogen) atoms. The van der Waals surface area contributed by atoms with Crippen LogP contribution in [0.25, 0.3) is 0 Å². The molecule has 1 saturated heterocycles. The van der Waals surface area contributed by atoms with Gasteiger partial charge in [-0.2, -0.15) is 0 Å². The summed E-state index contributed by atoms with van der Waals surface area (Å²) in [6.45, 7) is 9.59. The first kappa shape index (κ1) is 22.6. The Morgan fingerprint density at radius 3 is 2.19 bits per heavy atom. The van der Waals surface area contributed by atoms with Gasteiger partial charge in [0.1, 0.15) is 11.3 Å². The largest absolute Gasteiger partial charge is 0.573 e. The van der Waals surface area contributed by atoms with Crippen molar-refractivity contribution in [3.63, 3.8) is 0 Å². The third-order valence-corrected chi connectivity index (χ3v) is 5.20. The van der Waals surface area contributed by atoms with Crippen LogP contribution in [-0.4, -0.2) is 33.7 Å². The SMILES string of the molecule is CC(C)(C)c1cnccc1CN1C(=O)N(c2ccc(OC(F)(F)F)cc2)C(=O)C1(C)C. The summed E-state index contributed by atoms with van der Waals surface area (Å²) in [7, 11) is 0. The zero-order chi connectivity index (χ0) is 23.2. The number of amides is 3. The Bertz CT molecular complexity index is 996. The minimum atomic E-state index is -4.82. The van der Waals surface area contributed by atoms with Gasteiger partial charge < -0.3 is 9.64 Å². The highest BCUT2D eigenvalue weighted by atomic mass is 19.4. The number of carbonyl (C=O) groups excluding carboxylic acids is 2. The lowest BCUT2D eigenvalue weighted by atomic mass is 9.84. The monoisotopic (exact) mass is 435 g/mol. The van der Waals surface area contributed by atoms with Gasteiger partial charge in [-0.15, -0.1) is 13.2 Å². The number of pyridine rings is 1. The molecule has 0 aliphatic carbocycles. The summed E-state index contributed by atoms with van der Waals surface area (Å²) >= 11 is 0. The third kappa shape index (κ3) is 4.50. The number of rotatable bonds is 4. The summed E-state index contributed by atoms with van der Waals surface area (Å²) in [6.07, 6.45) is -1.44. The van der Waals surface area contributed by atoms with E-state index in [1.165, 1.54) is 17.0 Å². The quantitative estimate of drug-likeness (QED) is 0.633. The van der Waals surface area contributed by atoms with E-state index in [4.69, 9.17) is 0 Å². The van der Waals surface area contributed by atoms with Gasteiger partial charge >= 0.3 is 12.4 Å². The molecule has 1 aliphatic heterocycles. The molecule has 1 aliphatic rings. The Morgan fingerprint density at radius 1 is 1.03 bits per heavy atom. The molecule has 3 amide bonds. The minimum Gasteiger partial charge on any atom is -0.406 e. The molecule has 1 aromatic heterocycles. The van der Waals surface area contributed by atoms with Crippen LogP contribution in [0.2, 0.25) is 0 Å². The van der Waals surface area contributed by atoms with Crippen molar-refractivity contribution in [1.82, 2.24) is 9.88 Å². The summed E-state index contributed by atoms with van der Waals surface area (Å²) in [5.41, 5.74) is 0.641. The normalized spacial score (nSPS) is 16.8.